The highest BCUT2D eigenvalue weighted by atomic mass is 35.5. The van der Waals surface area contributed by atoms with Gasteiger partial charge >= 0.3 is 0 Å². The monoisotopic (exact) mass is 229 g/mol. The molecular formula is C9H9Cl2N3. The summed E-state index contributed by atoms with van der Waals surface area (Å²) in [5.41, 5.74) is 7.14. The van der Waals surface area contributed by atoms with E-state index in [-0.39, 0.29) is 0 Å². The number of nitrogens with two attached hydrogens (primary N) is 1. The molecule has 5 heteroatoms. The Morgan fingerprint density at radius 3 is 2.71 bits per heavy atom. The van der Waals surface area contributed by atoms with Gasteiger partial charge in [-0.3, -0.25) is 0 Å². The van der Waals surface area contributed by atoms with Crippen LogP contribution in [0.1, 0.15) is 5.82 Å². The van der Waals surface area contributed by atoms with E-state index >= 15 is 0 Å². The van der Waals surface area contributed by atoms with Crippen LogP contribution in [0.15, 0.2) is 12.1 Å². The first-order valence-electron chi connectivity index (χ1n) is 4.24. The van der Waals surface area contributed by atoms with E-state index in [4.69, 9.17) is 28.9 Å². The molecule has 0 amide bonds. The lowest BCUT2D eigenvalue weighted by Gasteiger charge is -1.93. The van der Waals surface area contributed by atoms with Crippen molar-refractivity contribution < 1.29 is 0 Å². The molecule has 0 fully saturated rings. The summed E-state index contributed by atoms with van der Waals surface area (Å²) in [6, 6.07) is 3.52. The van der Waals surface area contributed by atoms with E-state index in [0.29, 0.717) is 16.6 Å². The largest absolute Gasteiger partial charge is 0.342 e. The van der Waals surface area contributed by atoms with Crippen LogP contribution in [0, 0.1) is 0 Å². The summed E-state index contributed by atoms with van der Waals surface area (Å²) >= 11 is 11.7. The number of aromatic amines is 1. The molecule has 3 N–H and O–H groups in total. The van der Waals surface area contributed by atoms with Crippen LogP contribution in [0.25, 0.3) is 11.0 Å². The summed E-state index contributed by atoms with van der Waals surface area (Å²) in [5, 5.41) is 1.05. The van der Waals surface area contributed by atoms with Gasteiger partial charge in [0.1, 0.15) is 5.82 Å². The predicted octanol–water partition coefficient (Wildman–Crippen LogP) is 2.37. The molecule has 2 aromatic rings. The summed E-state index contributed by atoms with van der Waals surface area (Å²) in [4.78, 5) is 7.46. The minimum atomic E-state index is 0.518. The first kappa shape index (κ1) is 9.77. The third-order valence-electron chi connectivity index (χ3n) is 1.95. The summed E-state index contributed by atoms with van der Waals surface area (Å²) in [5.74, 6) is 0.862. The molecule has 0 bridgehead atoms. The number of rotatable bonds is 2. The van der Waals surface area contributed by atoms with Crippen molar-refractivity contribution in [1.29, 1.82) is 0 Å². The number of fused-ring (bicyclic) bond motifs is 1. The number of aromatic nitrogens is 2. The average molecular weight is 230 g/mol. The highest BCUT2D eigenvalue weighted by Gasteiger charge is 2.05. The van der Waals surface area contributed by atoms with E-state index in [0.717, 1.165) is 23.3 Å². The molecule has 0 aliphatic carbocycles. The lowest BCUT2D eigenvalue weighted by atomic mass is 10.3. The van der Waals surface area contributed by atoms with Crippen molar-refractivity contribution in [2.24, 2.45) is 5.73 Å². The Morgan fingerprint density at radius 1 is 1.29 bits per heavy atom. The third-order valence-corrected chi connectivity index (χ3v) is 2.68. The molecule has 1 aromatic carbocycles. The molecule has 74 valence electrons. The van der Waals surface area contributed by atoms with E-state index in [9.17, 15) is 0 Å². The molecular weight excluding hydrogens is 221 g/mol. The second-order valence-electron chi connectivity index (χ2n) is 3.01. The molecule has 1 heterocycles. The summed E-state index contributed by atoms with van der Waals surface area (Å²) in [6.07, 6.45) is 0.726. The van der Waals surface area contributed by atoms with Crippen LogP contribution in [0.2, 0.25) is 10.0 Å². The molecule has 0 unspecified atom stereocenters. The Kier molecular flexibility index (Phi) is 2.63. The molecule has 1 aromatic heterocycles. The van der Waals surface area contributed by atoms with Gasteiger partial charge in [0.15, 0.2) is 0 Å². The zero-order valence-electron chi connectivity index (χ0n) is 7.35. The summed E-state index contributed by atoms with van der Waals surface area (Å²) in [6.45, 7) is 0.571. The molecule has 0 spiro atoms. The Labute approximate surface area is 91.2 Å². The van der Waals surface area contributed by atoms with E-state index in [1.807, 2.05) is 0 Å². The van der Waals surface area contributed by atoms with Gasteiger partial charge in [-0.05, 0) is 18.7 Å². The second-order valence-corrected chi connectivity index (χ2v) is 3.82. The van der Waals surface area contributed by atoms with Gasteiger partial charge in [-0.25, -0.2) is 4.98 Å². The Balaban J connectivity index is 2.54. The predicted molar refractivity (Wildman–Crippen MR) is 58.9 cm³/mol. The number of H-pyrrole nitrogens is 1. The van der Waals surface area contributed by atoms with Crippen LogP contribution in [-0.2, 0) is 6.42 Å². The van der Waals surface area contributed by atoms with Gasteiger partial charge in [0, 0.05) is 6.42 Å². The van der Waals surface area contributed by atoms with Gasteiger partial charge in [0.05, 0.1) is 21.1 Å². The molecule has 2 rings (SSSR count). The number of benzene rings is 1. The normalized spacial score (nSPS) is 11.1. The number of imidazole rings is 1. The lowest BCUT2D eigenvalue weighted by molar-refractivity contribution is 0.900. The van der Waals surface area contributed by atoms with Gasteiger partial charge in [-0.1, -0.05) is 23.2 Å². The van der Waals surface area contributed by atoms with Crippen molar-refractivity contribution in [3.05, 3.63) is 28.0 Å². The topological polar surface area (TPSA) is 54.7 Å². The molecule has 0 radical (unpaired) electrons. The van der Waals surface area contributed by atoms with Gasteiger partial charge in [0.2, 0.25) is 0 Å². The van der Waals surface area contributed by atoms with Crippen molar-refractivity contribution in [2.45, 2.75) is 6.42 Å². The minimum Gasteiger partial charge on any atom is -0.342 e. The standard InChI is InChI=1S/C9H9Cl2N3/c10-5-3-7-8(4-6(5)11)14-9(13-7)1-2-12/h3-4H,1-2,12H2,(H,13,14). The fourth-order valence-corrected chi connectivity index (χ4v) is 1.63. The first-order chi connectivity index (χ1) is 6.70. The molecule has 0 aliphatic heterocycles. The maximum atomic E-state index is 5.87. The van der Waals surface area contributed by atoms with Gasteiger partial charge in [-0.15, -0.1) is 0 Å². The minimum absolute atomic E-state index is 0.518. The van der Waals surface area contributed by atoms with Crippen molar-refractivity contribution in [2.75, 3.05) is 6.54 Å². The Bertz CT molecular complexity index is 425. The van der Waals surface area contributed by atoms with Gasteiger partial charge < -0.3 is 10.7 Å². The number of nitrogens with one attached hydrogen (secondary N) is 1. The second kappa shape index (κ2) is 3.77. The molecule has 3 nitrogen and oxygen atoms in total. The zero-order chi connectivity index (χ0) is 10.1. The van der Waals surface area contributed by atoms with Crippen LogP contribution < -0.4 is 5.73 Å². The SMILES string of the molecule is NCCc1nc2cc(Cl)c(Cl)cc2[nH]1. The zero-order valence-corrected chi connectivity index (χ0v) is 8.86. The van der Waals surface area contributed by atoms with E-state index in [1.54, 1.807) is 12.1 Å². The fraction of sp³-hybridized carbons (Fsp3) is 0.222. The average Bonchev–Trinajstić information content (AvgIpc) is 2.48. The molecule has 14 heavy (non-hydrogen) atoms. The maximum Gasteiger partial charge on any atom is 0.108 e. The van der Waals surface area contributed by atoms with Gasteiger partial charge in [0.25, 0.3) is 0 Å². The van der Waals surface area contributed by atoms with Crippen molar-refractivity contribution >= 4 is 34.2 Å². The van der Waals surface area contributed by atoms with E-state index < -0.39 is 0 Å². The quantitative estimate of drug-likeness (QED) is 0.831. The van der Waals surface area contributed by atoms with Gasteiger partial charge in [-0.2, -0.15) is 0 Å². The van der Waals surface area contributed by atoms with E-state index in [1.165, 1.54) is 0 Å². The van der Waals surface area contributed by atoms with Crippen molar-refractivity contribution in [3.63, 3.8) is 0 Å². The van der Waals surface area contributed by atoms with Crippen LogP contribution in [0.5, 0.6) is 0 Å². The summed E-state index contributed by atoms with van der Waals surface area (Å²) in [7, 11) is 0. The molecule has 0 saturated heterocycles. The van der Waals surface area contributed by atoms with E-state index in [2.05, 4.69) is 9.97 Å². The number of halogens is 2. The number of nitrogens with zero attached hydrogens (tertiary/aromatic N) is 1. The van der Waals surface area contributed by atoms with Crippen LogP contribution in [0.4, 0.5) is 0 Å². The molecule has 0 aliphatic rings. The molecule has 0 saturated carbocycles. The van der Waals surface area contributed by atoms with Crippen LogP contribution in [0.3, 0.4) is 0 Å². The lowest BCUT2D eigenvalue weighted by Crippen LogP contribution is -2.03. The highest BCUT2D eigenvalue weighted by Crippen LogP contribution is 2.26. The number of hydrogen-bond donors (Lipinski definition) is 2. The van der Waals surface area contributed by atoms with Crippen molar-refractivity contribution in [3.8, 4) is 0 Å². The maximum absolute atomic E-state index is 5.87. The number of hydrogen-bond acceptors (Lipinski definition) is 2. The first-order valence-corrected chi connectivity index (χ1v) is 5.00. The Hall–Kier alpha value is -0.770. The fourth-order valence-electron chi connectivity index (χ4n) is 1.31. The van der Waals surface area contributed by atoms with Crippen molar-refractivity contribution in [1.82, 2.24) is 9.97 Å². The highest BCUT2D eigenvalue weighted by molar-refractivity contribution is 6.42. The van der Waals surface area contributed by atoms with Crippen LogP contribution >= 0.6 is 23.2 Å². The summed E-state index contributed by atoms with van der Waals surface area (Å²) < 4.78 is 0. The smallest absolute Gasteiger partial charge is 0.108 e. The Morgan fingerprint density at radius 2 is 2.00 bits per heavy atom. The molecule has 0 atom stereocenters. The third kappa shape index (κ3) is 1.71. The van der Waals surface area contributed by atoms with Crippen LogP contribution in [-0.4, -0.2) is 16.5 Å².